The van der Waals surface area contributed by atoms with Gasteiger partial charge < -0.3 is 9.90 Å². The quantitative estimate of drug-likeness (QED) is 0.417. The smallest absolute Gasteiger partial charge is 0.545 e. The summed E-state index contributed by atoms with van der Waals surface area (Å²) in [5, 5.41) is 10.6. The molecule has 1 rings (SSSR count). The van der Waals surface area contributed by atoms with Gasteiger partial charge in [-0.2, -0.15) is 0 Å². The number of carbonyl (C=O) groups is 1. The molecule has 1 aromatic rings. The first-order valence-electron chi connectivity index (χ1n) is 3.33. The van der Waals surface area contributed by atoms with Crippen LogP contribution < -0.4 is 34.7 Å². The van der Waals surface area contributed by atoms with E-state index in [9.17, 15) is 9.90 Å². The Hall–Kier alpha value is -0.280. The van der Waals surface area contributed by atoms with Crippen molar-refractivity contribution in [3.63, 3.8) is 0 Å². The summed E-state index contributed by atoms with van der Waals surface area (Å²) in [7, 11) is 0. The maximum Gasteiger partial charge on any atom is 1.00 e. The largest absolute Gasteiger partial charge is 1.00 e. The van der Waals surface area contributed by atoms with Crippen molar-refractivity contribution < 1.29 is 39.5 Å². The first kappa shape index (κ1) is 12.7. The minimum atomic E-state index is -1.21. The molecular weight excluding hydrogens is 199 g/mol. The summed E-state index contributed by atoms with van der Waals surface area (Å²) in [6, 6.07) is 6.89. The Balaban J connectivity index is 0.00000144. The minimum Gasteiger partial charge on any atom is -0.545 e. The van der Waals surface area contributed by atoms with Crippen LogP contribution in [0.1, 0.15) is 5.56 Å². The number of carboxylic acid groups (broad SMARTS) is 1. The third-order valence-corrected chi connectivity index (χ3v) is 1.50. The maximum atomic E-state index is 10.0. The molecule has 0 saturated carbocycles. The predicted octanol–water partition coefficient (Wildman–Crippen LogP) is -1.89. The zero-order valence-corrected chi connectivity index (χ0v) is 9.91. The molecule has 0 aliphatic rings. The van der Waals surface area contributed by atoms with Crippen molar-refractivity contribution in [3.05, 3.63) is 40.9 Å². The Kier molecular flexibility index (Phi) is 6.08. The van der Waals surface area contributed by atoms with Crippen LogP contribution in [0.3, 0.4) is 0 Å². The predicted molar refractivity (Wildman–Crippen MR) is 45.5 cm³/mol. The second kappa shape index (κ2) is 6.22. The van der Waals surface area contributed by atoms with Crippen molar-refractivity contribution in [1.29, 1.82) is 0 Å². The Morgan fingerprint density at radius 2 is 2.15 bits per heavy atom. The Labute approximate surface area is 104 Å². The molecule has 0 N–H and O–H groups in total. The average molecular weight is 205 g/mol. The molecule has 0 spiro atoms. The van der Waals surface area contributed by atoms with Crippen molar-refractivity contribution in [2.45, 2.75) is 0 Å². The molecule has 0 atom stereocenters. The molecule has 0 unspecified atom stereocenters. The zero-order valence-electron chi connectivity index (χ0n) is 7.16. The van der Waals surface area contributed by atoms with Crippen molar-refractivity contribution in [2.75, 3.05) is 0 Å². The number of carboxylic acids is 1. The molecule has 0 bridgehead atoms. The van der Waals surface area contributed by atoms with Gasteiger partial charge in [-0.05, 0) is 23.8 Å². The molecule has 0 heterocycles. The molecule has 0 aliphatic heterocycles. The van der Waals surface area contributed by atoms with Crippen LogP contribution in [-0.2, 0) is 4.79 Å². The molecule has 0 fully saturated rings. The first-order chi connectivity index (χ1) is 5.68. The van der Waals surface area contributed by atoms with Gasteiger partial charge in [0.05, 0.1) is 5.97 Å². The Bertz CT molecular complexity index is 323. The van der Waals surface area contributed by atoms with Gasteiger partial charge in [0, 0.05) is 5.02 Å². The zero-order chi connectivity index (χ0) is 8.97. The minimum absolute atomic E-state index is 0. The molecule has 0 aliphatic carbocycles. The second-order valence-electron chi connectivity index (χ2n) is 2.21. The summed E-state index contributed by atoms with van der Waals surface area (Å²) < 4.78 is 0. The van der Waals surface area contributed by atoms with Gasteiger partial charge in [0.1, 0.15) is 0 Å². The van der Waals surface area contributed by atoms with Crippen LogP contribution in [0, 0.1) is 0 Å². The van der Waals surface area contributed by atoms with Gasteiger partial charge in [-0.15, -0.1) is 0 Å². The summed E-state index contributed by atoms with van der Waals surface area (Å²) in [5.74, 6) is -1.21. The molecule has 0 radical (unpaired) electrons. The Morgan fingerprint density at radius 1 is 1.46 bits per heavy atom. The van der Waals surface area contributed by atoms with Crippen molar-refractivity contribution >= 4 is 23.6 Å². The van der Waals surface area contributed by atoms with E-state index in [1.54, 1.807) is 24.3 Å². The molecular formula is C9H6ClNaO2. The van der Waals surface area contributed by atoms with Gasteiger partial charge in [-0.1, -0.05) is 29.8 Å². The molecule has 0 aromatic heterocycles. The second-order valence-corrected chi connectivity index (χ2v) is 2.64. The fraction of sp³-hybridized carbons (Fsp3) is 0. The normalized spacial score (nSPS) is 9.62. The number of hydrogen-bond donors (Lipinski definition) is 0. The van der Waals surface area contributed by atoms with E-state index >= 15 is 0 Å². The fourth-order valence-electron chi connectivity index (χ4n) is 0.775. The van der Waals surface area contributed by atoms with E-state index in [0.29, 0.717) is 5.02 Å². The molecule has 4 heteroatoms. The van der Waals surface area contributed by atoms with Gasteiger partial charge in [0.15, 0.2) is 0 Å². The molecule has 62 valence electrons. The fourth-order valence-corrected chi connectivity index (χ4v) is 0.973. The first-order valence-corrected chi connectivity index (χ1v) is 3.71. The van der Waals surface area contributed by atoms with Crippen molar-refractivity contribution in [3.8, 4) is 0 Å². The summed E-state index contributed by atoms with van der Waals surface area (Å²) in [5.41, 5.74) is 0.742. The number of rotatable bonds is 2. The van der Waals surface area contributed by atoms with E-state index in [4.69, 9.17) is 11.6 Å². The average Bonchev–Trinajstić information content (AvgIpc) is 2.01. The summed E-state index contributed by atoms with van der Waals surface area (Å²) in [6.07, 6.45) is 2.40. The van der Waals surface area contributed by atoms with Gasteiger partial charge in [0.2, 0.25) is 0 Å². The van der Waals surface area contributed by atoms with Crippen molar-refractivity contribution in [2.24, 2.45) is 0 Å². The Morgan fingerprint density at radius 3 is 2.69 bits per heavy atom. The van der Waals surface area contributed by atoms with Crippen LogP contribution >= 0.6 is 11.6 Å². The summed E-state index contributed by atoms with van der Waals surface area (Å²) in [6.45, 7) is 0. The summed E-state index contributed by atoms with van der Waals surface area (Å²) in [4.78, 5) is 10.0. The van der Waals surface area contributed by atoms with Crippen LogP contribution in [0.15, 0.2) is 30.3 Å². The molecule has 1 aromatic carbocycles. The molecule has 13 heavy (non-hydrogen) atoms. The number of carbonyl (C=O) groups excluding carboxylic acids is 1. The monoisotopic (exact) mass is 204 g/mol. The van der Waals surface area contributed by atoms with Crippen LogP contribution in [-0.4, -0.2) is 5.97 Å². The third-order valence-electron chi connectivity index (χ3n) is 1.26. The van der Waals surface area contributed by atoms with Gasteiger partial charge in [0.25, 0.3) is 0 Å². The molecule has 0 amide bonds. The topological polar surface area (TPSA) is 40.1 Å². The van der Waals surface area contributed by atoms with Crippen LogP contribution in [0.4, 0.5) is 0 Å². The number of halogens is 1. The third kappa shape index (κ3) is 5.11. The van der Waals surface area contributed by atoms with E-state index in [2.05, 4.69) is 0 Å². The van der Waals surface area contributed by atoms with Gasteiger partial charge in [-0.25, -0.2) is 0 Å². The summed E-state index contributed by atoms with van der Waals surface area (Å²) >= 11 is 5.66. The van der Waals surface area contributed by atoms with E-state index < -0.39 is 5.97 Å². The SMILES string of the molecule is O=C([O-])C=Cc1cccc(Cl)c1.[Na+]. The molecule has 0 saturated heterocycles. The van der Waals surface area contributed by atoms with Gasteiger partial charge >= 0.3 is 29.6 Å². The van der Waals surface area contributed by atoms with E-state index in [1.165, 1.54) is 6.08 Å². The van der Waals surface area contributed by atoms with Gasteiger partial charge in [-0.3, -0.25) is 0 Å². The van der Waals surface area contributed by atoms with Crippen LogP contribution in [0.2, 0.25) is 5.02 Å². The van der Waals surface area contributed by atoms with Crippen LogP contribution in [0.25, 0.3) is 6.08 Å². The van der Waals surface area contributed by atoms with Crippen molar-refractivity contribution in [1.82, 2.24) is 0 Å². The van der Waals surface area contributed by atoms with Crippen LogP contribution in [0.5, 0.6) is 0 Å². The number of aliphatic carboxylic acids is 1. The number of benzene rings is 1. The standard InChI is InChI=1S/C9H7ClO2.Na/c10-8-3-1-2-7(6-8)4-5-9(11)12;/h1-6H,(H,11,12);/q;+1/p-1. The van der Waals surface area contributed by atoms with E-state index in [0.717, 1.165) is 11.6 Å². The number of hydrogen-bond acceptors (Lipinski definition) is 2. The molecule has 2 nitrogen and oxygen atoms in total. The van der Waals surface area contributed by atoms with E-state index in [-0.39, 0.29) is 29.6 Å². The maximum absolute atomic E-state index is 10.0. The van der Waals surface area contributed by atoms with E-state index in [1.807, 2.05) is 0 Å².